The molecule has 7 nitrogen and oxygen atoms in total. The maximum Gasteiger partial charge on any atom is 0.350 e. The first-order valence-electron chi connectivity index (χ1n) is 8.40. The summed E-state index contributed by atoms with van der Waals surface area (Å²) in [5.41, 5.74) is 1.73. The van der Waals surface area contributed by atoms with E-state index in [1.165, 1.54) is 16.2 Å². The third kappa shape index (κ3) is 5.01. The second kappa shape index (κ2) is 9.09. The van der Waals surface area contributed by atoms with Gasteiger partial charge in [0.2, 0.25) is 0 Å². The number of nitrogens with one attached hydrogen (secondary N) is 2. The van der Waals surface area contributed by atoms with Gasteiger partial charge in [0.25, 0.3) is 0 Å². The van der Waals surface area contributed by atoms with Crippen LogP contribution >= 0.6 is 22.7 Å². The van der Waals surface area contributed by atoms with Crippen LogP contribution in [0.4, 0.5) is 0 Å². The second-order valence-corrected chi connectivity index (χ2v) is 8.04. The van der Waals surface area contributed by atoms with Crippen molar-refractivity contribution in [2.75, 3.05) is 13.7 Å². The Bertz CT molecular complexity index is 797. The van der Waals surface area contributed by atoms with E-state index in [1.807, 2.05) is 27.7 Å². The molecule has 0 spiro atoms. The van der Waals surface area contributed by atoms with Crippen LogP contribution in [0, 0.1) is 20.8 Å². The molecule has 0 saturated carbocycles. The van der Waals surface area contributed by atoms with Gasteiger partial charge < -0.3 is 15.4 Å². The van der Waals surface area contributed by atoms with Crippen LogP contribution in [0.2, 0.25) is 0 Å². The molecule has 0 aliphatic carbocycles. The van der Waals surface area contributed by atoms with Crippen LogP contribution < -0.4 is 10.6 Å². The average molecular weight is 396 g/mol. The Labute approximate surface area is 161 Å². The lowest BCUT2D eigenvalue weighted by molar-refractivity contribution is 0.0531. The molecule has 0 aliphatic rings. The van der Waals surface area contributed by atoms with Crippen LogP contribution in [-0.2, 0) is 11.3 Å². The first kappa shape index (κ1) is 20.3. The Hall–Kier alpha value is -2.00. The minimum Gasteiger partial charge on any atom is -0.462 e. The van der Waals surface area contributed by atoms with Crippen molar-refractivity contribution in [2.24, 2.45) is 4.99 Å². The van der Waals surface area contributed by atoms with Crippen LogP contribution in [0.1, 0.15) is 55.8 Å². The zero-order valence-electron chi connectivity index (χ0n) is 16.0. The zero-order valence-corrected chi connectivity index (χ0v) is 17.6. The number of carbonyl (C=O) groups excluding carboxylic acids is 1. The minimum absolute atomic E-state index is 0.0858. The van der Waals surface area contributed by atoms with E-state index in [9.17, 15) is 4.79 Å². The van der Waals surface area contributed by atoms with Gasteiger partial charge in [0.1, 0.15) is 9.88 Å². The Morgan fingerprint density at radius 3 is 2.54 bits per heavy atom. The first-order chi connectivity index (χ1) is 12.3. The number of hydrogen-bond donors (Lipinski definition) is 2. The van der Waals surface area contributed by atoms with Gasteiger partial charge >= 0.3 is 5.97 Å². The maximum atomic E-state index is 12.0. The molecule has 2 aromatic rings. The lowest BCUT2D eigenvalue weighted by atomic mass is 10.3. The molecule has 2 heterocycles. The van der Waals surface area contributed by atoms with Gasteiger partial charge in [-0.25, -0.2) is 14.8 Å². The highest BCUT2D eigenvalue weighted by Crippen LogP contribution is 2.24. The summed E-state index contributed by atoms with van der Waals surface area (Å²) < 4.78 is 5.08. The molecule has 142 valence electrons. The average Bonchev–Trinajstić information content (AvgIpc) is 3.13. The largest absolute Gasteiger partial charge is 0.462 e. The third-order valence-corrected chi connectivity index (χ3v) is 6.03. The van der Waals surface area contributed by atoms with Gasteiger partial charge in [0.15, 0.2) is 5.96 Å². The number of carbonyl (C=O) groups is 1. The molecule has 9 heteroatoms. The van der Waals surface area contributed by atoms with E-state index in [-0.39, 0.29) is 12.0 Å². The fourth-order valence-corrected chi connectivity index (χ4v) is 4.19. The summed E-state index contributed by atoms with van der Waals surface area (Å²) in [5, 5.41) is 8.48. The number of nitrogens with zero attached hydrogens (tertiary/aromatic N) is 3. The lowest BCUT2D eigenvalue weighted by Gasteiger charge is -2.16. The number of rotatable bonds is 6. The molecule has 0 radical (unpaired) electrons. The molecule has 0 saturated heterocycles. The van der Waals surface area contributed by atoms with Gasteiger partial charge in [0, 0.05) is 11.9 Å². The Kier molecular flexibility index (Phi) is 7.10. The summed E-state index contributed by atoms with van der Waals surface area (Å²) >= 11 is 3.03. The van der Waals surface area contributed by atoms with Crippen molar-refractivity contribution in [1.82, 2.24) is 20.6 Å². The number of aromatic nitrogens is 2. The van der Waals surface area contributed by atoms with Crippen LogP contribution in [0.5, 0.6) is 0 Å². The SMILES string of the molecule is CCOC(=O)c1sc(C(C)NC(=NC)NCc2sc(C)nc2C)nc1C. The van der Waals surface area contributed by atoms with E-state index >= 15 is 0 Å². The van der Waals surface area contributed by atoms with Crippen molar-refractivity contribution in [3.63, 3.8) is 0 Å². The van der Waals surface area contributed by atoms with Crippen LogP contribution in [-0.4, -0.2) is 35.6 Å². The summed E-state index contributed by atoms with van der Waals surface area (Å²) in [6.07, 6.45) is 0. The second-order valence-electron chi connectivity index (χ2n) is 5.72. The highest BCUT2D eigenvalue weighted by Gasteiger charge is 2.20. The molecule has 2 aromatic heterocycles. The van der Waals surface area contributed by atoms with Gasteiger partial charge in [-0.1, -0.05) is 0 Å². The molecule has 0 aromatic carbocycles. The fraction of sp³-hybridized carbons (Fsp3) is 0.529. The van der Waals surface area contributed by atoms with Gasteiger partial charge in [-0.15, -0.1) is 22.7 Å². The van der Waals surface area contributed by atoms with Gasteiger partial charge in [-0.3, -0.25) is 4.99 Å². The molecule has 0 amide bonds. The third-order valence-electron chi connectivity index (χ3n) is 3.64. The van der Waals surface area contributed by atoms with E-state index in [2.05, 4.69) is 25.6 Å². The quantitative estimate of drug-likeness (QED) is 0.444. The van der Waals surface area contributed by atoms with Crippen molar-refractivity contribution in [1.29, 1.82) is 0 Å². The van der Waals surface area contributed by atoms with Crippen molar-refractivity contribution >= 4 is 34.6 Å². The number of ether oxygens (including phenoxy) is 1. The van der Waals surface area contributed by atoms with E-state index < -0.39 is 0 Å². The Morgan fingerprint density at radius 2 is 1.96 bits per heavy atom. The van der Waals surface area contributed by atoms with Crippen molar-refractivity contribution < 1.29 is 9.53 Å². The van der Waals surface area contributed by atoms with Crippen LogP contribution in [0.3, 0.4) is 0 Å². The highest BCUT2D eigenvalue weighted by molar-refractivity contribution is 7.13. The van der Waals surface area contributed by atoms with Crippen LogP contribution in [0.25, 0.3) is 0 Å². The smallest absolute Gasteiger partial charge is 0.350 e. The van der Waals surface area contributed by atoms with Crippen molar-refractivity contribution in [2.45, 2.75) is 47.2 Å². The van der Waals surface area contributed by atoms with E-state index in [0.717, 1.165) is 15.7 Å². The van der Waals surface area contributed by atoms with E-state index in [4.69, 9.17) is 4.74 Å². The first-order valence-corrected chi connectivity index (χ1v) is 10.0. The van der Waals surface area contributed by atoms with Gasteiger partial charge in [-0.2, -0.15) is 0 Å². The summed E-state index contributed by atoms with van der Waals surface area (Å²) in [4.78, 5) is 26.9. The standard InChI is InChI=1S/C17H25N5O2S2/c1-7-24-16(23)14-10(3)21-15(26-14)11(4)22-17(18-6)19-8-13-9(2)20-12(5)25-13/h11H,7-8H2,1-6H3,(H2,18,19,22). The molecule has 2 N–H and O–H groups in total. The summed E-state index contributed by atoms with van der Waals surface area (Å²) in [5.74, 6) is 0.355. The topological polar surface area (TPSA) is 88.5 Å². The predicted octanol–water partition coefficient (Wildman–Crippen LogP) is 3.13. The molecule has 1 unspecified atom stereocenters. The number of esters is 1. The molecule has 2 rings (SSSR count). The molecule has 0 fully saturated rings. The molecular weight excluding hydrogens is 370 g/mol. The fourth-order valence-electron chi connectivity index (χ4n) is 2.35. The van der Waals surface area contributed by atoms with Crippen molar-refractivity contribution in [3.8, 4) is 0 Å². The number of guanidine groups is 1. The monoisotopic (exact) mass is 395 g/mol. The maximum absolute atomic E-state index is 12.0. The van der Waals surface area contributed by atoms with Gasteiger partial charge in [0.05, 0.1) is 35.6 Å². The van der Waals surface area contributed by atoms with Crippen molar-refractivity contribution in [3.05, 3.63) is 31.2 Å². The predicted molar refractivity (Wildman–Crippen MR) is 106 cm³/mol. The number of thiazole rings is 2. The molecule has 1 atom stereocenters. The summed E-state index contributed by atoms with van der Waals surface area (Å²) in [7, 11) is 1.73. The molecule has 26 heavy (non-hydrogen) atoms. The van der Waals surface area contributed by atoms with Crippen LogP contribution in [0.15, 0.2) is 4.99 Å². The minimum atomic E-state index is -0.320. The number of aliphatic imine (C=N–C) groups is 1. The zero-order chi connectivity index (χ0) is 19.3. The summed E-state index contributed by atoms with van der Waals surface area (Å²) in [6.45, 7) is 10.6. The molecular formula is C17H25N5O2S2. The van der Waals surface area contributed by atoms with E-state index in [0.29, 0.717) is 29.7 Å². The highest BCUT2D eigenvalue weighted by atomic mass is 32.1. The van der Waals surface area contributed by atoms with Gasteiger partial charge in [-0.05, 0) is 34.6 Å². The van der Waals surface area contributed by atoms with E-state index in [1.54, 1.807) is 25.3 Å². The normalized spacial score (nSPS) is 12.8. The number of aryl methyl sites for hydroxylation is 3. The lowest BCUT2D eigenvalue weighted by Crippen LogP contribution is -2.38. The Morgan fingerprint density at radius 1 is 1.23 bits per heavy atom. The summed E-state index contributed by atoms with van der Waals surface area (Å²) in [6, 6.07) is -0.0858. The molecule has 0 bridgehead atoms. The molecule has 0 aliphatic heterocycles. The number of hydrogen-bond acceptors (Lipinski definition) is 7. The Balaban J connectivity index is 2.00.